The third-order valence-corrected chi connectivity index (χ3v) is 8.01. The second-order valence-electron chi connectivity index (χ2n) is 9.93. The van der Waals surface area contributed by atoms with Gasteiger partial charge in [0.1, 0.15) is 17.9 Å². The van der Waals surface area contributed by atoms with Crippen LogP contribution in [0.1, 0.15) is 54.0 Å². The average Bonchev–Trinajstić information content (AvgIpc) is 2.95. The van der Waals surface area contributed by atoms with Crippen LogP contribution in [0.15, 0.2) is 24.5 Å². The molecule has 32 heavy (non-hydrogen) atoms. The van der Waals surface area contributed by atoms with Crippen LogP contribution in [0.4, 0.5) is 5.82 Å². The van der Waals surface area contributed by atoms with Crippen molar-refractivity contribution in [2.24, 2.45) is 11.3 Å². The van der Waals surface area contributed by atoms with Crippen molar-refractivity contribution in [2.75, 3.05) is 5.73 Å². The van der Waals surface area contributed by atoms with Crippen LogP contribution in [0.5, 0.6) is 0 Å². The number of ether oxygens (including phenoxy) is 2. The van der Waals surface area contributed by atoms with Crippen molar-refractivity contribution < 1.29 is 18.5 Å². The zero-order chi connectivity index (χ0) is 22.8. The molecule has 0 spiro atoms. The molecule has 3 heterocycles. The van der Waals surface area contributed by atoms with Crippen molar-refractivity contribution in [3.8, 4) is 0 Å². The Kier molecular flexibility index (Phi) is 5.34. The molecule has 2 saturated carbocycles. The van der Waals surface area contributed by atoms with Crippen LogP contribution >= 0.6 is 8.38 Å². The highest BCUT2D eigenvalue weighted by Gasteiger charge is 2.75. The lowest BCUT2D eigenvalue weighted by molar-refractivity contribution is -0.159. The van der Waals surface area contributed by atoms with Crippen LogP contribution in [0.25, 0.3) is 11.2 Å². The van der Waals surface area contributed by atoms with Crippen molar-refractivity contribution in [2.45, 2.75) is 84.2 Å². The summed E-state index contributed by atoms with van der Waals surface area (Å²) >= 11 is 0. The van der Waals surface area contributed by atoms with Crippen molar-refractivity contribution in [1.82, 2.24) is 19.5 Å². The molecular formula is C22H32N5O4P. The van der Waals surface area contributed by atoms with Crippen molar-refractivity contribution in [3.63, 3.8) is 0 Å². The Bertz CT molecular complexity index is 1030. The molecule has 2 aliphatic carbocycles. The molecule has 9 nitrogen and oxygen atoms in total. The molecule has 0 amide bonds. The maximum atomic E-state index is 6.45. The molecule has 2 aromatic heterocycles. The molecule has 10 heteroatoms. The highest BCUT2D eigenvalue weighted by Crippen LogP contribution is 2.72. The fourth-order valence-electron chi connectivity index (χ4n) is 5.21. The van der Waals surface area contributed by atoms with Gasteiger partial charge in [0.15, 0.2) is 25.6 Å². The van der Waals surface area contributed by atoms with E-state index in [9.17, 15) is 0 Å². The van der Waals surface area contributed by atoms with Gasteiger partial charge >= 0.3 is 0 Å². The lowest BCUT2D eigenvalue weighted by Crippen LogP contribution is -2.31. The van der Waals surface area contributed by atoms with E-state index in [1.54, 1.807) is 6.33 Å². The van der Waals surface area contributed by atoms with Gasteiger partial charge in [-0.2, -0.15) is 0 Å². The maximum Gasteiger partial charge on any atom is 0.197 e. The number of rotatable bonds is 7. The summed E-state index contributed by atoms with van der Waals surface area (Å²) in [6.45, 7) is 12.1. The molecule has 0 unspecified atom stereocenters. The first kappa shape index (κ1) is 22.2. The number of nitrogens with zero attached hydrogens (tertiary/aromatic N) is 4. The van der Waals surface area contributed by atoms with E-state index in [0.717, 1.165) is 12.1 Å². The molecule has 3 aliphatic rings. The van der Waals surface area contributed by atoms with Crippen LogP contribution in [0.2, 0.25) is 0 Å². The summed E-state index contributed by atoms with van der Waals surface area (Å²) in [5.41, 5.74) is 7.26. The number of nitrogens with two attached hydrogens (primary N) is 1. The van der Waals surface area contributed by atoms with Gasteiger partial charge in [-0.05, 0) is 59.7 Å². The normalized spacial score (nSPS) is 33.2. The molecule has 3 fully saturated rings. The zero-order valence-corrected chi connectivity index (χ0v) is 20.3. The van der Waals surface area contributed by atoms with E-state index in [-0.39, 0.29) is 35.9 Å². The topological polar surface area (TPSA) is 107 Å². The fourth-order valence-corrected chi connectivity index (χ4v) is 6.63. The maximum absolute atomic E-state index is 6.45. The Morgan fingerprint density at radius 1 is 1.16 bits per heavy atom. The van der Waals surface area contributed by atoms with E-state index in [2.05, 4.69) is 31.4 Å². The highest BCUT2D eigenvalue weighted by atomic mass is 31.2. The van der Waals surface area contributed by atoms with Gasteiger partial charge in [0, 0.05) is 5.41 Å². The molecule has 5 rings (SSSR count). The molecule has 0 aromatic carbocycles. The molecule has 174 valence electrons. The van der Waals surface area contributed by atoms with E-state index in [0.29, 0.717) is 17.3 Å². The van der Waals surface area contributed by atoms with Gasteiger partial charge in [-0.3, -0.25) is 0 Å². The number of fused-ring (bicyclic) bond motifs is 4. The summed E-state index contributed by atoms with van der Waals surface area (Å²) < 4.78 is 27.1. The molecule has 0 radical (unpaired) electrons. The second-order valence-corrected chi connectivity index (χ2v) is 11.2. The van der Waals surface area contributed by atoms with Crippen molar-refractivity contribution in [1.29, 1.82) is 0 Å². The predicted molar refractivity (Wildman–Crippen MR) is 122 cm³/mol. The molecule has 2 N–H and O–H groups in total. The second kappa shape index (κ2) is 7.71. The lowest BCUT2D eigenvalue weighted by Gasteiger charge is -2.24. The highest BCUT2D eigenvalue weighted by molar-refractivity contribution is 7.50. The van der Waals surface area contributed by atoms with Gasteiger partial charge in [0.2, 0.25) is 0 Å². The van der Waals surface area contributed by atoms with E-state index < -0.39 is 14.2 Å². The lowest BCUT2D eigenvalue weighted by atomic mass is 9.99. The third kappa shape index (κ3) is 3.64. The summed E-state index contributed by atoms with van der Waals surface area (Å²) in [5, 5.41) is 0. The molecule has 1 saturated heterocycles. The first-order chi connectivity index (χ1) is 15.1. The SMILES string of the molecule is CC(C)OP(/C=C/[C@@]12C[C@@H]1[C@@H](n1cnc3c(N)ncnc31)[C@@H]1OC(C)(C)O[C@@H]12)OC(C)C. The average molecular weight is 462 g/mol. The largest absolute Gasteiger partial charge is 0.382 e. The molecule has 2 aromatic rings. The van der Waals surface area contributed by atoms with Gasteiger partial charge < -0.3 is 28.8 Å². The fraction of sp³-hybridized carbons (Fsp3) is 0.682. The number of imidazole rings is 1. The van der Waals surface area contributed by atoms with Gasteiger partial charge in [-0.25, -0.2) is 15.0 Å². The summed E-state index contributed by atoms with van der Waals surface area (Å²) in [4.78, 5) is 13.0. The van der Waals surface area contributed by atoms with Gasteiger partial charge in [-0.1, -0.05) is 6.08 Å². The monoisotopic (exact) mass is 461 g/mol. The van der Waals surface area contributed by atoms with Crippen LogP contribution in [0.3, 0.4) is 0 Å². The van der Waals surface area contributed by atoms with Gasteiger partial charge in [0.05, 0.1) is 30.7 Å². The van der Waals surface area contributed by atoms with Gasteiger partial charge in [0.25, 0.3) is 0 Å². The summed E-state index contributed by atoms with van der Waals surface area (Å²) in [6, 6.07) is 0.0500. The number of anilines is 1. The van der Waals surface area contributed by atoms with Crippen LogP contribution in [0, 0.1) is 11.3 Å². The zero-order valence-electron chi connectivity index (χ0n) is 19.4. The van der Waals surface area contributed by atoms with Crippen molar-refractivity contribution in [3.05, 3.63) is 24.5 Å². The summed E-state index contributed by atoms with van der Waals surface area (Å²) in [6.07, 6.45) is 6.57. The standard InChI is InChI=1S/C22H32N5O4P/c1-12(2)30-32(31-13(3)4)8-7-22-9-14(22)16(17-18(22)29-21(5,6)28-17)27-11-26-15-19(23)24-10-25-20(15)27/h7-8,10-14,16-18H,9H2,1-6H3,(H2,23,24,25)/b8-7+/t14-,16-,17+,18+,22-/m1/s1. The Morgan fingerprint density at radius 3 is 2.56 bits per heavy atom. The predicted octanol–water partition coefficient (Wildman–Crippen LogP) is 4.17. The van der Waals surface area contributed by atoms with E-state index in [1.165, 1.54) is 6.33 Å². The van der Waals surface area contributed by atoms with Crippen LogP contribution < -0.4 is 5.73 Å². The van der Waals surface area contributed by atoms with Crippen LogP contribution in [-0.2, 0) is 18.5 Å². The van der Waals surface area contributed by atoms with E-state index >= 15 is 0 Å². The van der Waals surface area contributed by atoms with Crippen LogP contribution in [-0.4, -0.2) is 49.7 Å². The third-order valence-electron chi connectivity index (χ3n) is 6.36. The Balaban J connectivity index is 1.49. The molecule has 5 atom stereocenters. The number of hydrogen-bond acceptors (Lipinski definition) is 8. The minimum atomic E-state index is -1.13. The Labute approximate surface area is 189 Å². The minimum Gasteiger partial charge on any atom is -0.382 e. The number of nitrogen functional groups attached to an aromatic ring is 1. The first-order valence-corrected chi connectivity index (χ1v) is 12.5. The molecule has 1 aliphatic heterocycles. The number of hydrogen-bond donors (Lipinski definition) is 1. The quantitative estimate of drug-likeness (QED) is 0.613. The first-order valence-electron chi connectivity index (χ1n) is 11.2. The van der Waals surface area contributed by atoms with E-state index in [1.807, 2.05) is 41.5 Å². The molecule has 0 bridgehead atoms. The Hall–Kier alpha value is -1.64. The number of aromatic nitrogens is 4. The van der Waals surface area contributed by atoms with Crippen molar-refractivity contribution >= 4 is 25.4 Å². The minimum absolute atomic E-state index is 0.0500. The van der Waals surface area contributed by atoms with Gasteiger partial charge in [-0.15, -0.1) is 0 Å². The Morgan fingerprint density at radius 2 is 1.88 bits per heavy atom. The summed E-state index contributed by atoms with van der Waals surface area (Å²) in [7, 11) is -1.13. The molecular weight excluding hydrogens is 429 g/mol. The smallest absolute Gasteiger partial charge is 0.197 e. The summed E-state index contributed by atoms with van der Waals surface area (Å²) in [5.74, 6) is 2.18. The van der Waals surface area contributed by atoms with E-state index in [4.69, 9.17) is 24.3 Å².